The van der Waals surface area contributed by atoms with Crippen molar-refractivity contribution in [2.45, 2.75) is 17.7 Å². The molecule has 1 aliphatic rings. The van der Waals surface area contributed by atoms with Gasteiger partial charge in [0.2, 0.25) is 15.8 Å². The minimum Gasteiger partial charge on any atom is -0.478 e. The summed E-state index contributed by atoms with van der Waals surface area (Å²) >= 11 is 6.86. The molecule has 0 aliphatic carbocycles. The first-order valence-corrected chi connectivity index (χ1v) is 10.6. The van der Waals surface area contributed by atoms with Crippen molar-refractivity contribution in [1.82, 2.24) is 4.31 Å². The van der Waals surface area contributed by atoms with Gasteiger partial charge in [-0.2, -0.15) is 4.31 Å². The van der Waals surface area contributed by atoms with E-state index in [1.54, 1.807) is 12.1 Å². The van der Waals surface area contributed by atoms with E-state index in [-0.39, 0.29) is 16.4 Å². The molecule has 0 atom stereocenters. The number of hydrogen-bond donors (Lipinski definition) is 0. The third-order valence-corrected chi connectivity index (χ3v) is 7.20. The van der Waals surface area contributed by atoms with Crippen LogP contribution in [0.1, 0.15) is 22.5 Å². The number of ketones is 1. The fraction of sp³-hybridized carbons (Fsp3) is 0.312. The Morgan fingerprint density at radius 2 is 1.96 bits per heavy atom. The van der Waals surface area contributed by atoms with E-state index in [9.17, 15) is 23.3 Å². The molecular weight excluding hydrogens is 416 g/mol. The van der Waals surface area contributed by atoms with E-state index in [1.807, 2.05) is 0 Å². The van der Waals surface area contributed by atoms with E-state index < -0.39 is 27.2 Å². The first kappa shape index (κ1) is 19.7. The molecule has 8 nitrogen and oxygen atoms in total. The van der Waals surface area contributed by atoms with Gasteiger partial charge in [0.05, 0.1) is 19.0 Å². The molecule has 0 unspecified atom stereocenters. The standard InChI is InChI=1S/C16H15ClN2O6S2/c17-16-6-5-15(26-16)13(20)10-25-14-4-3-11(9-12(14)19(21)22)27(23,24)18-7-1-2-8-18/h3-6,9H,1-2,7-8,10H2. The number of benzene rings is 1. The van der Waals surface area contributed by atoms with E-state index in [4.69, 9.17) is 16.3 Å². The van der Waals surface area contributed by atoms with Gasteiger partial charge in [-0.3, -0.25) is 14.9 Å². The number of halogens is 1. The van der Waals surface area contributed by atoms with Gasteiger partial charge >= 0.3 is 5.69 Å². The summed E-state index contributed by atoms with van der Waals surface area (Å²) in [6.45, 7) is 0.369. The highest BCUT2D eigenvalue weighted by molar-refractivity contribution is 7.89. The number of Topliss-reactive ketones (excluding diaryl/α,β-unsaturated/α-hetero) is 1. The molecule has 1 aromatic heterocycles. The van der Waals surface area contributed by atoms with Gasteiger partial charge in [0.1, 0.15) is 0 Å². The summed E-state index contributed by atoms with van der Waals surface area (Å²) in [6.07, 6.45) is 1.52. The van der Waals surface area contributed by atoms with Crippen LogP contribution in [0.4, 0.5) is 5.69 Å². The van der Waals surface area contributed by atoms with Crippen LogP contribution in [0, 0.1) is 10.1 Å². The molecule has 1 fully saturated rings. The largest absolute Gasteiger partial charge is 0.478 e. The Hall–Kier alpha value is -2.01. The van der Waals surface area contributed by atoms with E-state index in [0.29, 0.717) is 22.3 Å². The minimum atomic E-state index is -3.79. The Labute approximate surface area is 164 Å². The van der Waals surface area contributed by atoms with Crippen LogP contribution >= 0.6 is 22.9 Å². The molecule has 0 spiro atoms. The molecule has 2 aromatic rings. The number of thiophene rings is 1. The second-order valence-electron chi connectivity index (χ2n) is 5.81. The van der Waals surface area contributed by atoms with Crippen molar-refractivity contribution in [2.24, 2.45) is 0 Å². The molecule has 11 heteroatoms. The van der Waals surface area contributed by atoms with Crippen LogP contribution in [0.15, 0.2) is 35.2 Å². The van der Waals surface area contributed by atoms with E-state index in [1.165, 1.54) is 16.4 Å². The van der Waals surface area contributed by atoms with Crippen molar-refractivity contribution in [3.8, 4) is 5.75 Å². The summed E-state index contributed by atoms with van der Waals surface area (Å²) in [5.41, 5.74) is -0.507. The fourth-order valence-corrected chi connectivity index (χ4v) is 5.18. The normalized spacial score (nSPS) is 15.0. The lowest BCUT2D eigenvalue weighted by atomic mass is 10.3. The number of rotatable bonds is 7. The third-order valence-electron chi connectivity index (χ3n) is 4.04. The minimum absolute atomic E-state index is 0.167. The number of nitrogens with zero attached hydrogens (tertiary/aromatic N) is 2. The van der Waals surface area contributed by atoms with E-state index >= 15 is 0 Å². The van der Waals surface area contributed by atoms with Crippen LogP contribution in [0.25, 0.3) is 0 Å². The Morgan fingerprint density at radius 3 is 2.56 bits per heavy atom. The summed E-state index contributed by atoms with van der Waals surface area (Å²) in [5.74, 6) is -0.550. The number of carbonyl (C=O) groups excluding carboxylic acids is 1. The van der Waals surface area contributed by atoms with E-state index in [2.05, 4.69) is 0 Å². The summed E-state index contributed by atoms with van der Waals surface area (Å²) < 4.78 is 32.2. The summed E-state index contributed by atoms with van der Waals surface area (Å²) in [7, 11) is -3.79. The predicted molar refractivity (Wildman–Crippen MR) is 100 cm³/mol. The molecule has 0 radical (unpaired) electrons. The average molecular weight is 431 g/mol. The second kappa shape index (κ2) is 7.93. The number of ether oxygens (including phenoxy) is 1. The zero-order valence-electron chi connectivity index (χ0n) is 14.0. The maximum absolute atomic E-state index is 12.6. The first-order chi connectivity index (χ1) is 12.8. The van der Waals surface area contributed by atoms with Crippen molar-refractivity contribution >= 4 is 44.4 Å². The smallest absolute Gasteiger partial charge is 0.312 e. The van der Waals surface area contributed by atoms with Crippen molar-refractivity contribution in [3.63, 3.8) is 0 Å². The van der Waals surface area contributed by atoms with Gasteiger partial charge in [0, 0.05) is 19.2 Å². The lowest BCUT2D eigenvalue weighted by Gasteiger charge is -2.15. The molecule has 1 aromatic carbocycles. The predicted octanol–water partition coefficient (Wildman–Crippen LogP) is 3.36. The summed E-state index contributed by atoms with van der Waals surface area (Å²) in [6, 6.07) is 6.53. The van der Waals surface area contributed by atoms with Crippen molar-refractivity contribution in [3.05, 3.63) is 49.7 Å². The highest BCUT2D eigenvalue weighted by Crippen LogP contribution is 2.32. The van der Waals surface area contributed by atoms with Crippen molar-refractivity contribution in [2.75, 3.05) is 19.7 Å². The number of nitro benzene ring substituents is 1. The molecule has 0 saturated carbocycles. The maximum Gasteiger partial charge on any atom is 0.312 e. The third kappa shape index (κ3) is 4.29. The number of sulfonamides is 1. The van der Waals surface area contributed by atoms with Gasteiger partial charge < -0.3 is 4.74 Å². The van der Waals surface area contributed by atoms with Crippen LogP contribution in [0.3, 0.4) is 0 Å². The lowest BCUT2D eigenvalue weighted by molar-refractivity contribution is -0.386. The lowest BCUT2D eigenvalue weighted by Crippen LogP contribution is -2.27. The van der Waals surface area contributed by atoms with Crippen molar-refractivity contribution < 1.29 is 22.9 Å². The summed E-state index contributed by atoms with van der Waals surface area (Å²) in [5, 5.41) is 11.4. The molecule has 0 amide bonds. The Kier molecular flexibility index (Phi) is 5.80. The molecule has 0 bridgehead atoms. The van der Waals surface area contributed by atoms with Crippen molar-refractivity contribution in [1.29, 1.82) is 0 Å². The quantitative estimate of drug-likeness (QED) is 0.378. The molecule has 0 N–H and O–H groups in total. The maximum atomic E-state index is 12.6. The number of hydrogen-bond acceptors (Lipinski definition) is 7. The molecular formula is C16H15ClN2O6S2. The molecule has 1 saturated heterocycles. The SMILES string of the molecule is O=C(COc1ccc(S(=O)(=O)N2CCCC2)cc1[N+](=O)[O-])c1ccc(Cl)s1. The second-order valence-corrected chi connectivity index (χ2v) is 9.47. The fourth-order valence-electron chi connectivity index (χ4n) is 2.68. The van der Waals surface area contributed by atoms with Gasteiger partial charge in [0.15, 0.2) is 12.4 Å². The van der Waals surface area contributed by atoms with Gasteiger partial charge in [0.25, 0.3) is 0 Å². The molecule has 144 valence electrons. The van der Waals surface area contributed by atoms with Gasteiger partial charge in [-0.05, 0) is 37.1 Å². The molecule has 2 heterocycles. The summed E-state index contributed by atoms with van der Waals surface area (Å²) in [4.78, 5) is 22.9. The average Bonchev–Trinajstić information content (AvgIpc) is 3.31. The Balaban J connectivity index is 1.82. The monoisotopic (exact) mass is 430 g/mol. The van der Waals surface area contributed by atoms with Gasteiger partial charge in [-0.1, -0.05) is 11.6 Å². The van der Waals surface area contributed by atoms with E-state index in [0.717, 1.165) is 30.2 Å². The van der Waals surface area contributed by atoms with Crippen LogP contribution in [-0.2, 0) is 10.0 Å². The zero-order valence-corrected chi connectivity index (χ0v) is 16.3. The highest BCUT2D eigenvalue weighted by atomic mass is 35.5. The molecule has 3 rings (SSSR count). The zero-order chi connectivity index (χ0) is 19.6. The Bertz CT molecular complexity index is 983. The number of nitro groups is 1. The van der Waals surface area contributed by atoms with Gasteiger partial charge in [-0.15, -0.1) is 11.3 Å². The first-order valence-electron chi connectivity index (χ1n) is 7.99. The molecule has 27 heavy (non-hydrogen) atoms. The topological polar surface area (TPSA) is 107 Å². The number of carbonyl (C=O) groups is 1. The van der Waals surface area contributed by atoms with Crippen LogP contribution < -0.4 is 4.74 Å². The Morgan fingerprint density at radius 1 is 1.26 bits per heavy atom. The van der Waals surface area contributed by atoms with Crippen LogP contribution in [0.5, 0.6) is 5.75 Å². The van der Waals surface area contributed by atoms with Crippen LogP contribution in [0.2, 0.25) is 4.34 Å². The highest BCUT2D eigenvalue weighted by Gasteiger charge is 2.30. The van der Waals surface area contributed by atoms with Gasteiger partial charge in [-0.25, -0.2) is 8.42 Å². The van der Waals surface area contributed by atoms with Crippen LogP contribution in [-0.4, -0.2) is 43.1 Å². The molecule has 1 aliphatic heterocycles.